The molecule has 0 bridgehead atoms. The van der Waals surface area contributed by atoms with Crippen LogP contribution in [0.2, 0.25) is 0 Å². The second-order valence-electron chi connectivity index (χ2n) is 2.41. The Balaban J connectivity index is 4.17. The van der Waals surface area contributed by atoms with Gasteiger partial charge in [0, 0.05) is 0 Å². The van der Waals surface area contributed by atoms with Crippen LogP contribution >= 0.6 is 0 Å². The molecule has 0 aliphatic heterocycles. The summed E-state index contributed by atoms with van der Waals surface area (Å²) in [4.78, 5) is 10.3. The summed E-state index contributed by atoms with van der Waals surface area (Å²) in [6, 6.07) is 0. The van der Waals surface area contributed by atoms with E-state index >= 15 is 0 Å². The lowest BCUT2D eigenvalue weighted by molar-refractivity contribution is -0.170. The van der Waals surface area contributed by atoms with Gasteiger partial charge in [0.25, 0.3) is 0 Å². The van der Waals surface area contributed by atoms with E-state index in [1.54, 1.807) is 6.92 Å². The first-order valence-electron chi connectivity index (χ1n) is 3.30. The zero-order chi connectivity index (χ0) is 9.07. The number of aliphatic hydroxyl groups is 2. The highest BCUT2D eigenvalue weighted by atomic mass is 16.4. The predicted molar refractivity (Wildman–Crippen MR) is 37.9 cm³/mol. The second-order valence-corrected chi connectivity index (χ2v) is 2.41. The van der Waals surface area contributed by atoms with Gasteiger partial charge in [-0.15, -0.1) is 0 Å². The maximum atomic E-state index is 10.3. The van der Waals surface area contributed by atoms with Gasteiger partial charge in [0.2, 0.25) is 0 Å². The monoisotopic (exact) mass is 163 g/mol. The van der Waals surface area contributed by atoms with E-state index in [9.17, 15) is 4.79 Å². The van der Waals surface area contributed by atoms with E-state index in [4.69, 9.17) is 15.3 Å². The SMILES string of the molecule is CCNC(O)C(C)(O)C(=O)O. The van der Waals surface area contributed by atoms with Crippen molar-refractivity contribution >= 4 is 5.97 Å². The van der Waals surface area contributed by atoms with Crippen LogP contribution in [0.1, 0.15) is 13.8 Å². The van der Waals surface area contributed by atoms with Crippen LogP contribution in [0.25, 0.3) is 0 Å². The van der Waals surface area contributed by atoms with Gasteiger partial charge in [-0.2, -0.15) is 0 Å². The summed E-state index contributed by atoms with van der Waals surface area (Å²) in [5.74, 6) is -1.45. The molecule has 0 saturated heterocycles. The molecule has 0 spiro atoms. The van der Waals surface area contributed by atoms with Crippen LogP contribution in [0.3, 0.4) is 0 Å². The molecule has 0 saturated carbocycles. The maximum Gasteiger partial charge on any atom is 0.339 e. The highest BCUT2D eigenvalue weighted by molar-refractivity contribution is 5.77. The third-order valence-corrected chi connectivity index (χ3v) is 1.36. The fourth-order valence-electron chi connectivity index (χ4n) is 0.509. The molecule has 2 unspecified atom stereocenters. The highest BCUT2D eigenvalue weighted by Gasteiger charge is 2.37. The van der Waals surface area contributed by atoms with Crippen LogP contribution in [0, 0.1) is 0 Å². The van der Waals surface area contributed by atoms with E-state index in [2.05, 4.69) is 5.32 Å². The summed E-state index contributed by atoms with van der Waals surface area (Å²) in [5.41, 5.74) is -2.13. The molecule has 0 aliphatic rings. The molecule has 0 amide bonds. The van der Waals surface area contributed by atoms with Gasteiger partial charge in [0.1, 0.15) is 6.23 Å². The van der Waals surface area contributed by atoms with Crippen molar-refractivity contribution in [2.75, 3.05) is 6.54 Å². The molecule has 66 valence electrons. The third-order valence-electron chi connectivity index (χ3n) is 1.36. The van der Waals surface area contributed by atoms with Crippen molar-refractivity contribution in [2.24, 2.45) is 0 Å². The summed E-state index contributed by atoms with van der Waals surface area (Å²) in [5, 5.41) is 28.9. The van der Waals surface area contributed by atoms with Gasteiger partial charge in [0.05, 0.1) is 0 Å². The van der Waals surface area contributed by atoms with Crippen molar-refractivity contribution < 1.29 is 20.1 Å². The van der Waals surface area contributed by atoms with Crippen molar-refractivity contribution in [3.05, 3.63) is 0 Å². The van der Waals surface area contributed by atoms with Crippen LogP contribution in [-0.4, -0.2) is 39.7 Å². The Morgan fingerprint density at radius 3 is 2.45 bits per heavy atom. The Morgan fingerprint density at radius 1 is 1.73 bits per heavy atom. The van der Waals surface area contributed by atoms with Gasteiger partial charge in [0.15, 0.2) is 5.60 Å². The summed E-state index contributed by atoms with van der Waals surface area (Å²) < 4.78 is 0. The largest absolute Gasteiger partial charge is 0.479 e. The van der Waals surface area contributed by atoms with Crippen molar-refractivity contribution in [1.29, 1.82) is 0 Å². The lowest BCUT2D eigenvalue weighted by Gasteiger charge is -2.24. The first kappa shape index (κ1) is 10.3. The molecule has 0 fully saturated rings. The second kappa shape index (κ2) is 3.66. The molecule has 4 N–H and O–H groups in total. The van der Waals surface area contributed by atoms with Crippen molar-refractivity contribution in [2.45, 2.75) is 25.7 Å². The number of carboxylic acid groups (broad SMARTS) is 1. The minimum Gasteiger partial charge on any atom is -0.479 e. The van der Waals surface area contributed by atoms with Gasteiger partial charge in [-0.25, -0.2) is 4.79 Å². The first-order valence-corrected chi connectivity index (χ1v) is 3.30. The summed E-state index contributed by atoms with van der Waals surface area (Å²) in [7, 11) is 0. The number of likely N-dealkylation sites (N-methyl/N-ethyl adjacent to an activating group) is 1. The number of aliphatic carboxylic acids is 1. The average Bonchev–Trinajstić information content (AvgIpc) is 1.88. The van der Waals surface area contributed by atoms with E-state index in [-0.39, 0.29) is 0 Å². The molecule has 5 heteroatoms. The van der Waals surface area contributed by atoms with Crippen molar-refractivity contribution in [3.63, 3.8) is 0 Å². The average molecular weight is 163 g/mol. The molecular formula is C6H13NO4. The lowest BCUT2D eigenvalue weighted by atomic mass is 10.1. The fourth-order valence-corrected chi connectivity index (χ4v) is 0.509. The molecule has 0 radical (unpaired) electrons. The Kier molecular flexibility index (Phi) is 3.44. The minimum absolute atomic E-state index is 0.393. The summed E-state index contributed by atoms with van der Waals surface area (Å²) in [6.07, 6.45) is -1.44. The molecule has 0 aromatic heterocycles. The molecular weight excluding hydrogens is 150 g/mol. The van der Waals surface area contributed by atoms with E-state index in [0.29, 0.717) is 6.54 Å². The third kappa shape index (κ3) is 2.45. The molecule has 0 aromatic carbocycles. The Labute approximate surface area is 64.7 Å². The van der Waals surface area contributed by atoms with Crippen LogP contribution in [0.15, 0.2) is 0 Å². The predicted octanol–water partition coefficient (Wildman–Crippen LogP) is -1.25. The zero-order valence-electron chi connectivity index (χ0n) is 6.53. The molecule has 5 nitrogen and oxygen atoms in total. The summed E-state index contributed by atoms with van der Waals surface area (Å²) >= 11 is 0. The standard InChI is InChI=1S/C6H13NO4/c1-3-7-4(8)6(2,11)5(9)10/h4,7-8,11H,3H2,1-2H3,(H,9,10). The lowest BCUT2D eigenvalue weighted by Crippen LogP contribution is -2.53. The fraction of sp³-hybridized carbons (Fsp3) is 0.833. The smallest absolute Gasteiger partial charge is 0.339 e. The number of carboxylic acids is 1. The Hall–Kier alpha value is -0.650. The number of carbonyl (C=O) groups is 1. The maximum absolute atomic E-state index is 10.3. The van der Waals surface area contributed by atoms with Gasteiger partial charge in [-0.3, -0.25) is 5.32 Å². The van der Waals surface area contributed by atoms with Crippen molar-refractivity contribution in [3.8, 4) is 0 Å². The van der Waals surface area contributed by atoms with E-state index in [0.717, 1.165) is 6.92 Å². The van der Waals surface area contributed by atoms with Gasteiger partial charge in [-0.1, -0.05) is 6.92 Å². The normalized spacial score (nSPS) is 18.9. The minimum atomic E-state index is -2.13. The molecule has 0 aromatic rings. The van der Waals surface area contributed by atoms with E-state index in [1.165, 1.54) is 0 Å². The number of hydrogen-bond acceptors (Lipinski definition) is 4. The van der Waals surface area contributed by atoms with Crippen molar-refractivity contribution in [1.82, 2.24) is 5.32 Å². The Bertz CT molecular complexity index is 146. The quantitative estimate of drug-likeness (QED) is 0.389. The molecule has 11 heavy (non-hydrogen) atoms. The molecule has 2 atom stereocenters. The number of hydrogen-bond donors (Lipinski definition) is 4. The molecule has 0 rings (SSSR count). The van der Waals surface area contributed by atoms with Crippen LogP contribution in [-0.2, 0) is 4.79 Å². The van der Waals surface area contributed by atoms with Gasteiger partial charge in [-0.05, 0) is 13.5 Å². The van der Waals surface area contributed by atoms with E-state index < -0.39 is 17.8 Å². The van der Waals surface area contributed by atoms with Gasteiger partial charge < -0.3 is 15.3 Å². The van der Waals surface area contributed by atoms with Gasteiger partial charge >= 0.3 is 5.97 Å². The Morgan fingerprint density at radius 2 is 2.18 bits per heavy atom. The number of nitrogens with one attached hydrogen (secondary N) is 1. The van der Waals surface area contributed by atoms with E-state index in [1.807, 2.05) is 0 Å². The van der Waals surface area contributed by atoms with Crippen LogP contribution < -0.4 is 5.32 Å². The zero-order valence-corrected chi connectivity index (χ0v) is 6.53. The number of rotatable bonds is 4. The molecule has 0 aliphatic carbocycles. The first-order chi connectivity index (χ1) is 4.92. The topological polar surface area (TPSA) is 89.8 Å². The van der Waals surface area contributed by atoms with Crippen LogP contribution in [0.5, 0.6) is 0 Å². The molecule has 0 heterocycles. The highest BCUT2D eigenvalue weighted by Crippen LogP contribution is 2.06. The summed E-state index contributed by atoms with van der Waals surface area (Å²) in [6.45, 7) is 3.12. The van der Waals surface area contributed by atoms with Crippen LogP contribution in [0.4, 0.5) is 0 Å². The number of aliphatic hydroxyl groups excluding tert-OH is 1.